The normalized spacial score (nSPS) is 11.8. The van der Waals surface area contributed by atoms with Crippen LogP contribution in [0.2, 0.25) is 0 Å². The summed E-state index contributed by atoms with van der Waals surface area (Å²) in [6, 6.07) is 81.7. The minimum Gasteiger partial charge on any atom is -0.456 e. The lowest BCUT2D eigenvalue weighted by Crippen LogP contribution is -2.11. The Hall–Kier alpha value is -7.76. The Balaban J connectivity index is 1.18. The molecule has 0 bridgehead atoms. The van der Waals surface area contributed by atoms with E-state index in [0.717, 1.165) is 39.0 Å². The molecule has 13 rings (SSSR count). The summed E-state index contributed by atoms with van der Waals surface area (Å²) in [4.78, 5) is 2.56. The third kappa shape index (κ3) is 5.99. The first-order valence-corrected chi connectivity index (χ1v) is 23.3. The molecule has 13 aromatic rings. The minimum absolute atomic E-state index is 0.863. The molecule has 4 heteroatoms. The first kappa shape index (κ1) is 36.9. The Morgan fingerprint density at radius 1 is 0.297 bits per heavy atom. The molecule has 0 unspecified atom stereocenters. The van der Waals surface area contributed by atoms with E-state index in [0.29, 0.717) is 0 Å². The van der Waals surface area contributed by atoms with Gasteiger partial charge in [-0.2, -0.15) is 0 Å². The van der Waals surface area contributed by atoms with Gasteiger partial charge >= 0.3 is 0 Å². The van der Waals surface area contributed by atoms with Gasteiger partial charge in [0.1, 0.15) is 11.2 Å². The fourth-order valence-corrected chi connectivity index (χ4v) is 12.2. The van der Waals surface area contributed by atoms with Gasteiger partial charge in [0.2, 0.25) is 0 Å². The maximum Gasteiger partial charge on any atom is 0.137 e. The molecule has 2 nitrogen and oxygen atoms in total. The number of para-hydroxylation sites is 1. The van der Waals surface area contributed by atoms with Gasteiger partial charge in [-0.05, 0) is 93.0 Å². The number of rotatable bonds is 7. The van der Waals surface area contributed by atoms with Crippen LogP contribution in [0.25, 0.3) is 107 Å². The second-order valence-corrected chi connectivity index (χ2v) is 18.5. The molecule has 0 saturated heterocycles. The lowest BCUT2D eigenvalue weighted by atomic mass is 9.96. The lowest BCUT2D eigenvalue weighted by Gasteiger charge is -2.29. The highest BCUT2D eigenvalue weighted by molar-refractivity contribution is 7.26. The number of furan rings is 1. The predicted molar refractivity (Wildman–Crippen MR) is 276 cm³/mol. The van der Waals surface area contributed by atoms with Crippen LogP contribution in [0.5, 0.6) is 0 Å². The Morgan fingerprint density at radius 2 is 0.828 bits per heavy atom. The third-order valence-corrected chi connectivity index (χ3v) is 14.9. The van der Waals surface area contributed by atoms with Crippen LogP contribution in [-0.2, 0) is 0 Å². The van der Waals surface area contributed by atoms with E-state index in [2.05, 4.69) is 229 Å². The van der Waals surface area contributed by atoms with E-state index >= 15 is 0 Å². The molecule has 10 aromatic carbocycles. The average Bonchev–Trinajstić information content (AvgIpc) is 4.06. The zero-order chi connectivity index (χ0) is 42.1. The summed E-state index contributed by atoms with van der Waals surface area (Å²) in [6.07, 6.45) is 0. The van der Waals surface area contributed by atoms with Crippen molar-refractivity contribution in [3.8, 4) is 44.5 Å². The van der Waals surface area contributed by atoms with Gasteiger partial charge in [0, 0.05) is 45.7 Å². The van der Waals surface area contributed by atoms with E-state index in [-0.39, 0.29) is 0 Å². The van der Waals surface area contributed by atoms with Crippen molar-refractivity contribution in [2.75, 3.05) is 4.90 Å². The Kier molecular flexibility index (Phi) is 8.61. The van der Waals surface area contributed by atoms with Gasteiger partial charge in [0.15, 0.2) is 0 Å². The molecule has 3 aromatic heterocycles. The van der Waals surface area contributed by atoms with Gasteiger partial charge in [-0.1, -0.05) is 176 Å². The van der Waals surface area contributed by atoms with Crippen molar-refractivity contribution in [1.82, 2.24) is 0 Å². The zero-order valence-electron chi connectivity index (χ0n) is 34.5. The molecular formula is C60H37NOS2. The van der Waals surface area contributed by atoms with Gasteiger partial charge in [0.05, 0.1) is 22.4 Å². The standard InChI is InChI=1S/C60H37NOS2/c1-5-16-38(17-6-1)42-28-30-47-54(35-42)63-56-37-44(40-20-9-3-10-21-40)34-51(58(47)56)61(49-25-15-27-53-57(49)46-24-13-14-26-52(46)62-53)50-33-32-45(41-22-11-4-12-23-41)60-59(50)48-31-29-43(36-55(48)64-60)39-18-7-2-8-19-39/h1-37H. The van der Waals surface area contributed by atoms with Crippen LogP contribution in [0, 0.1) is 0 Å². The van der Waals surface area contributed by atoms with Crippen LogP contribution >= 0.6 is 22.7 Å². The second kappa shape index (κ2) is 15.0. The summed E-state index contributed by atoms with van der Waals surface area (Å²) < 4.78 is 11.7. The number of hydrogen-bond acceptors (Lipinski definition) is 4. The quantitative estimate of drug-likeness (QED) is 0.159. The van der Waals surface area contributed by atoms with Crippen molar-refractivity contribution in [3.05, 3.63) is 224 Å². The molecule has 0 aliphatic heterocycles. The zero-order valence-corrected chi connectivity index (χ0v) is 36.2. The first-order valence-electron chi connectivity index (χ1n) is 21.7. The van der Waals surface area contributed by atoms with Crippen LogP contribution in [0.4, 0.5) is 17.1 Å². The topological polar surface area (TPSA) is 16.4 Å². The molecular weight excluding hydrogens is 815 g/mol. The fraction of sp³-hybridized carbons (Fsp3) is 0. The Labute approximate surface area is 378 Å². The molecule has 0 aliphatic rings. The molecule has 300 valence electrons. The smallest absolute Gasteiger partial charge is 0.137 e. The molecule has 0 fully saturated rings. The number of anilines is 3. The van der Waals surface area contributed by atoms with Crippen molar-refractivity contribution in [3.63, 3.8) is 0 Å². The molecule has 0 saturated carbocycles. The van der Waals surface area contributed by atoms with E-state index in [1.165, 1.54) is 84.9 Å². The monoisotopic (exact) mass is 851 g/mol. The third-order valence-electron chi connectivity index (χ3n) is 12.7. The van der Waals surface area contributed by atoms with Crippen molar-refractivity contribution >= 4 is 102 Å². The predicted octanol–water partition coefficient (Wildman–Crippen LogP) is 18.5. The summed E-state index contributed by atoms with van der Waals surface area (Å²) >= 11 is 3.76. The molecule has 0 N–H and O–H groups in total. The average molecular weight is 852 g/mol. The summed E-state index contributed by atoms with van der Waals surface area (Å²) in [5.41, 5.74) is 14.7. The molecule has 0 spiro atoms. The van der Waals surface area contributed by atoms with Crippen LogP contribution in [0.1, 0.15) is 0 Å². The number of fused-ring (bicyclic) bond motifs is 9. The maximum absolute atomic E-state index is 6.66. The van der Waals surface area contributed by atoms with Crippen molar-refractivity contribution in [2.24, 2.45) is 0 Å². The van der Waals surface area contributed by atoms with Crippen LogP contribution in [0.15, 0.2) is 229 Å². The lowest BCUT2D eigenvalue weighted by molar-refractivity contribution is 0.669. The van der Waals surface area contributed by atoms with Crippen molar-refractivity contribution < 1.29 is 4.42 Å². The summed E-state index contributed by atoms with van der Waals surface area (Å²) in [6.45, 7) is 0. The van der Waals surface area contributed by atoms with Crippen molar-refractivity contribution in [1.29, 1.82) is 0 Å². The van der Waals surface area contributed by atoms with E-state index in [1.807, 2.05) is 22.7 Å². The SMILES string of the molecule is c1ccc(-c2ccc3c(c2)sc2cc(-c4ccccc4)cc(N(c4cccc5oc6ccccc6c45)c4ccc(-c5ccccc5)c5sc6cc(-c7ccccc7)ccc6c45)c23)cc1. The van der Waals surface area contributed by atoms with E-state index in [1.54, 1.807) is 0 Å². The number of benzene rings is 10. The molecule has 0 aliphatic carbocycles. The van der Waals surface area contributed by atoms with Crippen LogP contribution < -0.4 is 4.90 Å². The van der Waals surface area contributed by atoms with E-state index < -0.39 is 0 Å². The second-order valence-electron chi connectivity index (χ2n) is 16.4. The highest BCUT2D eigenvalue weighted by Crippen LogP contribution is 2.54. The van der Waals surface area contributed by atoms with Crippen LogP contribution in [-0.4, -0.2) is 0 Å². The first-order chi connectivity index (χ1) is 31.7. The van der Waals surface area contributed by atoms with E-state index in [9.17, 15) is 0 Å². The van der Waals surface area contributed by atoms with Gasteiger partial charge in [-0.25, -0.2) is 0 Å². The van der Waals surface area contributed by atoms with Gasteiger partial charge in [-0.3, -0.25) is 0 Å². The summed E-state index contributed by atoms with van der Waals surface area (Å²) in [7, 11) is 0. The minimum atomic E-state index is 0.863. The molecule has 3 heterocycles. The Bertz CT molecular complexity index is 3890. The van der Waals surface area contributed by atoms with Gasteiger partial charge < -0.3 is 9.32 Å². The molecule has 0 atom stereocenters. The highest BCUT2D eigenvalue weighted by atomic mass is 32.1. The largest absolute Gasteiger partial charge is 0.456 e. The van der Waals surface area contributed by atoms with E-state index in [4.69, 9.17) is 4.42 Å². The fourth-order valence-electron chi connectivity index (χ4n) is 9.70. The molecule has 0 radical (unpaired) electrons. The highest BCUT2D eigenvalue weighted by Gasteiger charge is 2.27. The van der Waals surface area contributed by atoms with Gasteiger partial charge in [-0.15, -0.1) is 22.7 Å². The summed E-state index contributed by atoms with van der Waals surface area (Å²) in [5, 5.41) is 7.12. The maximum atomic E-state index is 6.66. The molecule has 0 amide bonds. The molecule has 64 heavy (non-hydrogen) atoms. The summed E-state index contributed by atoms with van der Waals surface area (Å²) in [5.74, 6) is 0. The van der Waals surface area contributed by atoms with Crippen LogP contribution in [0.3, 0.4) is 0 Å². The number of thiophene rings is 2. The Morgan fingerprint density at radius 3 is 1.50 bits per heavy atom. The van der Waals surface area contributed by atoms with Gasteiger partial charge in [0.25, 0.3) is 0 Å². The number of hydrogen-bond donors (Lipinski definition) is 0. The van der Waals surface area contributed by atoms with Crippen molar-refractivity contribution in [2.45, 2.75) is 0 Å². The number of nitrogens with zero attached hydrogens (tertiary/aromatic N) is 1.